The Morgan fingerprint density at radius 1 is 1.15 bits per heavy atom. The standard InChI is InChI=1S/C26H21BrCl2N2O3/c1-3-33-24-12-18(11-21(27)25(24)34-15-17-6-4-5-16(2)9-17)10-19(14-30)26(32)31-23-13-20(28)7-8-22(23)29/h4-13H,3,15H2,1-2H3,(H,31,32)/b19-10+. The first-order valence-corrected chi connectivity index (χ1v) is 11.9. The van der Waals surface area contributed by atoms with Crippen molar-refractivity contribution < 1.29 is 14.3 Å². The van der Waals surface area contributed by atoms with Crippen LogP contribution in [0, 0.1) is 18.3 Å². The quantitative estimate of drug-likeness (QED) is 0.228. The van der Waals surface area contributed by atoms with E-state index in [1.165, 1.54) is 12.1 Å². The first kappa shape index (κ1) is 25.6. The van der Waals surface area contributed by atoms with Gasteiger partial charge < -0.3 is 14.8 Å². The number of benzene rings is 3. The van der Waals surface area contributed by atoms with Crippen molar-refractivity contribution in [2.24, 2.45) is 0 Å². The van der Waals surface area contributed by atoms with Crippen molar-refractivity contribution in [3.63, 3.8) is 0 Å². The second kappa shape index (κ2) is 11.9. The average Bonchev–Trinajstić information content (AvgIpc) is 2.79. The molecule has 8 heteroatoms. The first-order chi connectivity index (χ1) is 16.3. The summed E-state index contributed by atoms with van der Waals surface area (Å²) in [5, 5.41) is 12.9. The van der Waals surface area contributed by atoms with Gasteiger partial charge in [0.2, 0.25) is 0 Å². The fourth-order valence-electron chi connectivity index (χ4n) is 3.13. The molecular weight excluding hydrogens is 539 g/mol. The maximum Gasteiger partial charge on any atom is 0.266 e. The molecule has 1 N–H and O–H groups in total. The summed E-state index contributed by atoms with van der Waals surface area (Å²) in [6.07, 6.45) is 1.46. The van der Waals surface area contributed by atoms with E-state index in [0.29, 0.717) is 50.5 Å². The van der Waals surface area contributed by atoms with Gasteiger partial charge in [0.25, 0.3) is 5.91 Å². The predicted molar refractivity (Wildman–Crippen MR) is 140 cm³/mol. The van der Waals surface area contributed by atoms with E-state index in [4.69, 9.17) is 32.7 Å². The lowest BCUT2D eigenvalue weighted by Crippen LogP contribution is -2.13. The number of nitrogens with one attached hydrogen (secondary N) is 1. The largest absolute Gasteiger partial charge is 0.490 e. The predicted octanol–water partition coefficient (Wildman–Crippen LogP) is 7.59. The molecule has 0 unspecified atom stereocenters. The highest BCUT2D eigenvalue weighted by Gasteiger charge is 2.16. The molecule has 0 fully saturated rings. The zero-order valence-corrected chi connectivity index (χ0v) is 21.6. The Kier molecular flexibility index (Phi) is 9.00. The molecule has 0 aliphatic rings. The second-order valence-corrected chi connectivity index (χ2v) is 8.99. The number of amides is 1. The Hall–Kier alpha value is -2.98. The minimum Gasteiger partial charge on any atom is -0.490 e. The van der Waals surface area contributed by atoms with Crippen LogP contribution in [0.25, 0.3) is 6.08 Å². The van der Waals surface area contributed by atoms with Gasteiger partial charge in [0.1, 0.15) is 18.2 Å². The number of anilines is 1. The monoisotopic (exact) mass is 558 g/mol. The van der Waals surface area contributed by atoms with Gasteiger partial charge in [-0.25, -0.2) is 0 Å². The average molecular weight is 560 g/mol. The molecule has 5 nitrogen and oxygen atoms in total. The lowest BCUT2D eigenvalue weighted by molar-refractivity contribution is -0.112. The van der Waals surface area contributed by atoms with E-state index in [2.05, 4.69) is 27.3 Å². The summed E-state index contributed by atoms with van der Waals surface area (Å²) >= 11 is 15.6. The van der Waals surface area contributed by atoms with Crippen LogP contribution in [0.15, 0.2) is 64.6 Å². The van der Waals surface area contributed by atoms with Crippen LogP contribution in [0.1, 0.15) is 23.6 Å². The van der Waals surface area contributed by atoms with Crippen molar-refractivity contribution >= 4 is 56.8 Å². The number of ether oxygens (including phenoxy) is 2. The molecule has 1 amide bonds. The molecular formula is C26H21BrCl2N2O3. The third-order valence-electron chi connectivity index (χ3n) is 4.65. The summed E-state index contributed by atoms with van der Waals surface area (Å²) in [4.78, 5) is 12.7. The smallest absolute Gasteiger partial charge is 0.266 e. The van der Waals surface area contributed by atoms with E-state index in [0.717, 1.165) is 11.1 Å². The zero-order valence-electron chi connectivity index (χ0n) is 18.5. The molecule has 3 aromatic rings. The number of halogens is 3. The Morgan fingerprint density at radius 3 is 2.65 bits per heavy atom. The summed E-state index contributed by atoms with van der Waals surface area (Å²) < 4.78 is 12.4. The minimum atomic E-state index is -0.611. The molecule has 34 heavy (non-hydrogen) atoms. The topological polar surface area (TPSA) is 71.3 Å². The van der Waals surface area contributed by atoms with Crippen molar-refractivity contribution in [3.8, 4) is 17.6 Å². The highest BCUT2D eigenvalue weighted by Crippen LogP contribution is 2.38. The van der Waals surface area contributed by atoms with Crippen LogP contribution >= 0.6 is 39.1 Å². The Bertz CT molecular complexity index is 1290. The zero-order chi connectivity index (χ0) is 24.7. The molecule has 0 saturated carbocycles. The second-order valence-electron chi connectivity index (χ2n) is 7.29. The fraction of sp³-hybridized carbons (Fsp3) is 0.154. The summed E-state index contributed by atoms with van der Waals surface area (Å²) in [6.45, 7) is 4.67. The van der Waals surface area contributed by atoms with Crippen molar-refractivity contribution in [2.45, 2.75) is 20.5 Å². The van der Waals surface area contributed by atoms with Crippen LogP contribution in [-0.4, -0.2) is 12.5 Å². The summed E-state index contributed by atoms with van der Waals surface area (Å²) in [5.74, 6) is 0.418. The van der Waals surface area contributed by atoms with Gasteiger partial charge in [-0.05, 0) is 77.3 Å². The maximum atomic E-state index is 12.7. The van der Waals surface area contributed by atoms with E-state index < -0.39 is 5.91 Å². The Labute approximate surface area is 217 Å². The van der Waals surface area contributed by atoms with Gasteiger partial charge in [0.15, 0.2) is 11.5 Å². The lowest BCUT2D eigenvalue weighted by atomic mass is 10.1. The van der Waals surface area contributed by atoms with Gasteiger partial charge in [-0.1, -0.05) is 53.0 Å². The number of hydrogen-bond donors (Lipinski definition) is 1. The van der Waals surface area contributed by atoms with Crippen molar-refractivity contribution in [1.29, 1.82) is 5.26 Å². The molecule has 0 aromatic heterocycles. The molecule has 0 aliphatic carbocycles. The first-order valence-electron chi connectivity index (χ1n) is 10.3. The van der Waals surface area contributed by atoms with Gasteiger partial charge in [-0.3, -0.25) is 4.79 Å². The van der Waals surface area contributed by atoms with E-state index in [-0.39, 0.29) is 5.57 Å². The van der Waals surface area contributed by atoms with Crippen LogP contribution in [0.3, 0.4) is 0 Å². The molecule has 3 aromatic carbocycles. The summed E-state index contributed by atoms with van der Waals surface area (Å²) in [7, 11) is 0. The fourth-order valence-corrected chi connectivity index (χ4v) is 4.04. The molecule has 174 valence electrons. The van der Waals surface area contributed by atoms with Gasteiger partial charge in [-0.15, -0.1) is 0 Å². The molecule has 0 saturated heterocycles. The van der Waals surface area contributed by atoms with Crippen LogP contribution in [0.2, 0.25) is 10.0 Å². The number of nitrogens with zero attached hydrogens (tertiary/aromatic N) is 1. The SMILES string of the molecule is CCOc1cc(/C=C(\C#N)C(=O)Nc2cc(Cl)ccc2Cl)cc(Br)c1OCc1cccc(C)c1. The Morgan fingerprint density at radius 2 is 1.94 bits per heavy atom. The lowest BCUT2D eigenvalue weighted by Gasteiger charge is -2.15. The maximum absolute atomic E-state index is 12.7. The number of aryl methyl sites for hydroxylation is 1. The minimum absolute atomic E-state index is 0.112. The van der Waals surface area contributed by atoms with Crippen LogP contribution in [0.5, 0.6) is 11.5 Å². The molecule has 0 spiro atoms. The number of carbonyl (C=O) groups is 1. The number of carbonyl (C=O) groups excluding carboxylic acids is 1. The van der Waals surface area contributed by atoms with Crippen molar-refractivity contribution in [3.05, 3.63) is 91.4 Å². The molecule has 0 aliphatic heterocycles. The normalized spacial score (nSPS) is 11.0. The summed E-state index contributed by atoms with van der Waals surface area (Å²) in [5.41, 5.74) is 2.96. The number of hydrogen-bond acceptors (Lipinski definition) is 4. The van der Waals surface area contributed by atoms with Crippen LogP contribution in [0.4, 0.5) is 5.69 Å². The highest BCUT2D eigenvalue weighted by atomic mass is 79.9. The Balaban J connectivity index is 1.86. The van der Waals surface area contributed by atoms with E-state index >= 15 is 0 Å². The molecule has 0 atom stereocenters. The van der Waals surface area contributed by atoms with Crippen molar-refractivity contribution in [2.75, 3.05) is 11.9 Å². The van der Waals surface area contributed by atoms with E-state index in [1.54, 1.807) is 24.3 Å². The molecule has 0 radical (unpaired) electrons. The van der Waals surface area contributed by atoms with E-state index in [1.807, 2.05) is 38.1 Å². The number of nitriles is 1. The van der Waals surface area contributed by atoms with E-state index in [9.17, 15) is 10.1 Å². The summed E-state index contributed by atoms with van der Waals surface area (Å²) in [6, 6.07) is 18.1. The third-order valence-corrected chi connectivity index (χ3v) is 5.80. The van der Waals surface area contributed by atoms with Crippen LogP contribution < -0.4 is 14.8 Å². The van der Waals surface area contributed by atoms with Gasteiger partial charge in [-0.2, -0.15) is 5.26 Å². The van der Waals surface area contributed by atoms with Crippen molar-refractivity contribution in [1.82, 2.24) is 0 Å². The molecule has 0 bridgehead atoms. The van der Waals surface area contributed by atoms with Crippen LogP contribution in [-0.2, 0) is 11.4 Å². The number of rotatable bonds is 8. The molecule has 3 rings (SSSR count). The van der Waals surface area contributed by atoms with Gasteiger partial charge >= 0.3 is 0 Å². The third kappa shape index (κ3) is 6.77. The highest BCUT2D eigenvalue weighted by molar-refractivity contribution is 9.10. The van der Waals surface area contributed by atoms with Gasteiger partial charge in [0, 0.05) is 5.02 Å². The molecule has 0 heterocycles. The van der Waals surface area contributed by atoms with Gasteiger partial charge in [0.05, 0.1) is 21.8 Å².